The summed E-state index contributed by atoms with van der Waals surface area (Å²) in [6.45, 7) is 0.642. The summed E-state index contributed by atoms with van der Waals surface area (Å²) in [7, 11) is 1.62. The van der Waals surface area contributed by atoms with Gasteiger partial charge in [0, 0.05) is 24.2 Å². The number of hydrogen-bond acceptors (Lipinski definition) is 4. The molecule has 0 radical (unpaired) electrons. The van der Waals surface area contributed by atoms with Crippen LogP contribution in [-0.4, -0.2) is 37.2 Å². The van der Waals surface area contributed by atoms with Crippen molar-refractivity contribution in [1.29, 1.82) is 5.41 Å². The van der Waals surface area contributed by atoms with E-state index in [1.54, 1.807) is 19.2 Å². The van der Waals surface area contributed by atoms with Crippen molar-refractivity contribution < 1.29 is 9.84 Å². The first-order valence-electron chi connectivity index (χ1n) is 6.57. The van der Waals surface area contributed by atoms with Crippen LogP contribution in [0.1, 0.15) is 24.8 Å². The first-order chi connectivity index (χ1) is 9.17. The van der Waals surface area contributed by atoms with E-state index in [4.69, 9.17) is 15.9 Å². The van der Waals surface area contributed by atoms with Gasteiger partial charge in [-0.05, 0) is 31.4 Å². The second-order valence-electron chi connectivity index (χ2n) is 4.80. The Bertz CT molecular complexity index is 458. The number of nitrogen functional groups attached to an aromatic ring is 1. The Kier molecular flexibility index (Phi) is 4.27. The molecular weight excluding hydrogens is 242 g/mol. The number of nitrogens with two attached hydrogens (primary N) is 1. The summed E-state index contributed by atoms with van der Waals surface area (Å²) >= 11 is 0. The maximum Gasteiger partial charge on any atom is 0.124 e. The van der Waals surface area contributed by atoms with Crippen LogP contribution in [0.3, 0.4) is 0 Å². The fourth-order valence-electron chi connectivity index (χ4n) is 2.41. The molecule has 1 fully saturated rings. The van der Waals surface area contributed by atoms with Gasteiger partial charge >= 0.3 is 0 Å². The molecular formula is C14H21N3O2. The van der Waals surface area contributed by atoms with Crippen LogP contribution in [-0.2, 0) is 0 Å². The third-order valence-electron chi connectivity index (χ3n) is 3.66. The van der Waals surface area contributed by atoms with Gasteiger partial charge in [-0.3, -0.25) is 5.41 Å². The third kappa shape index (κ3) is 2.81. The van der Waals surface area contributed by atoms with Crippen LogP contribution in [0, 0.1) is 5.41 Å². The van der Waals surface area contributed by atoms with E-state index in [9.17, 15) is 5.11 Å². The fraction of sp³-hybridized carbons (Fsp3) is 0.500. The molecule has 1 saturated carbocycles. The maximum atomic E-state index is 9.26. The lowest BCUT2D eigenvalue weighted by molar-refractivity contribution is 0.283. The standard InChI is InChI=1S/C14H21N3O2/c1-19-11-5-6-12(14(15)16)13(9-11)17(7-8-18)10-3-2-4-10/h5-6,9-10,18H,2-4,7-8H2,1H3,(H3,15,16). The molecule has 1 aromatic rings. The number of aliphatic hydroxyl groups is 1. The van der Waals surface area contributed by atoms with Gasteiger partial charge in [-0.1, -0.05) is 0 Å². The highest BCUT2D eigenvalue weighted by atomic mass is 16.5. The van der Waals surface area contributed by atoms with Gasteiger partial charge in [0.2, 0.25) is 0 Å². The van der Waals surface area contributed by atoms with Crippen molar-refractivity contribution in [2.75, 3.05) is 25.2 Å². The molecule has 0 unspecified atom stereocenters. The fourth-order valence-corrected chi connectivity index (χ4v) is 2.41. The molecule has 0 bridgehead atoms. The number of rotatable bonds is 6. The van der Waals surface area contributed by atoms with E-state index in [-0.39, 0.29) is 12.4 Å². The van der Waals surface area contributed by atoms with E-state index in [2.05, 4.69) is 4.90 Å². The summed E-state index contributed by atoms with van der Waals surface area (Å²) in [6.07, 6.45) is 3.45. The average molecular weight is 263 g/mol. The van der Waals surface area contributed by atoms with Crippen molar-refractivity contribution in [3.8, 4) is 5.75 Å². The molecule has 4 N–H and O–H groups in total. The molecule has 5 nitrogen and oxygen atoms in total. The van der Waals surface area contributed by atoms with Gasteiger partial charge in [0.1, 0.15) is 11.6 Å². The van der Waals surface area contributed by atoms with Gasteiger partial charge in [-0.25, -0.2) is 0 Å². The zero-order chi connectivity index (χ0) is 13.8. The Morgan fingerprint density at radius 1 is 1.53 bits per heavy atom. The van der Waals surface area contributed by atoms with Crippen LogP contribution >= 0.6 is 0 Å². The minimum atomic E-state index is 0.0416. The quantitative estimate of drug-likeness (QED) is 0.534. The molecule has 1 aliphatic carbocycles. The van der Waals surface area contributed by atoms with E-state index in [0.717, 1.165) is 24.3 Å². The van der Waals surface area contributed by atoms with Crippen LogP contribution in [0.25, 0.3) is 0 Å². The number of nitrogens with zero attached hydrogens (tertiary/aromatic N) is 1. The lowest BCUT2D eigenvalue weighted by Crippen LogP contribution is -2.43. The van der Waals surface area contributed by atoms with Gasteiger partial charge in [0.25, 0.3) is 0 Å². The lowest BCUT2D eigenvalue weighted by Gasteiger charge is -2.40. The number of amidine groups is 1. The van der Waals surface area contributed by atoms with Crippen molar-refractivity contribution >= 4 is 11.5 Å². The first kappa shape index (κ1) is 13.7. The van der Waals surface area contributed by atoms with Crippen LogP contribution in [0.5, 0.6) is 5.75 Å². The molecule has 0 amide bonds. The summed E-state index contributed by atoms with van der Waals surface area (Å²) in [5, 5.41) is 17.0. The molecule has 0 atom stereocenters. The molecule has 5 heteroatoms. The molecule has 0 aromatic heterocycles. The normalized spacial score (nSPS) is 14.8. The molecule has 2 rings (SSSR count). The number of hydrogen-bond donors (Lipinski definition) is 3. The molecule has 0 spiro atoms. The van der Waals surface area contributed by atoms with Crippen LogP contribution in [0.4, 0.5) is 5.69 Å². The molecule has 104 valence electrons. The average Bonchev–Trinajstić information content (AvgIpc) is 2.35. The van der Waals surface area contributed by atoms with Crippen molar-refractivity contribution in [3.63, 3.8) is 0 Å². The summed E-state index contributed by atoms with van der Waals surface area (Å²) in [5.41, 5.74) is 7.23. The highest BCUT2D eigenvalue weighted by Crippen LogP contribution is 2.33. The minimum Gasteiger partial charge on any atom is -0.497 e. The summed E-state index contributed by atoms with van der Waals surface area (Å²) in [6, 6.07) is 5.93. The number of nitrogens with one attached hydrogen (secondary N) is 1. The Hall–Kier alpha value is -1.75. The zero-order valence-electron chi connectivity index (χ0n) is 11.2. The molecule has 0 saturated heterocycles. The number of aliphatic hydroxyl groups excluding tert-OH is 1. The van der Waals surface area contributed by atoms with Gasteiger partial charge in [-0.15, -0.1) is 0 Å². The van der Waals surface area contributed by atoms with E-state index >= 15 is 0 Å². The third-order valence-corrected chi connectivity index (χ3v) is 3.66. The first-order valence-corrected chi connectivity index (χ1v) is 6.57. The molecule has 1 aromatic carbocycles. The van der Waals surface area contributed by atoms with E-state index in [1.165, 1.54) is 6.42 Å². The largest absolute Gasteiger partial charge is 0.497 e. The Morgan fingerprint density at radius 2 is 2.26 bits per heavy atom. The second kappa shape index (κ2) is 5.93. The SMILES string of the molecule is COc1ccc(C(=N)N)c(N(CCO)C2CCC2)c1. The summed E-state index contributed by atoms with van der Waals surface area (Å²) < 4.78 is 5.25. The van der Waals surface area contributed by atoms with Crippen LogP contribution in [0.15, 0.2) is 18.2 Å². The smallest absolute Gasteiger partial charge is 0.124 e. The maximum absolute atomic E-state index is 9.26. The Labute approximate surface area is 113 Å². The number of methoxy groups -OCH3 is 1. The highest BCUT2D eigenvalue weighted by Gasteiger charge is 2.27. The highest BCUT2D eigenvalue weighted by molar-refractivity contribution is 6.00. The van der Waals surface area contributed by atoms with E-state index < -0.39 is 0 Å². The second-order valence-corrected chi connectivity index (χ2v) is 4.80. The molecule has 0 heterocycles. The van der Waals surface area contributed by atoms with Crippen molar-refractivity contribution in [1.82, 2.24) is 0 Å². The van der Waals surface area contributed by atoms with Gasteiger partial charge in [0.05, 0.1) is 19.4 Å². The molecule has 0 aliphatic heterocycles. The van der Waals surface area contributed by atoms with Gasteiger partial charge < -0.3 is 20.5 Å². The predicted molar refractivity (Wildman–Crippen MR) is 76.1 cm³/mol. The Morgan fingerprint density at radius 3 is 2.74 bits per heavy atom. The lowest BCUT2D eigenvalue weighted by atomic mass is 9.90. The van der Waals surface area contributed by atoms with E-state index in [0.29, 0.717) is 18.2 Å². The zero-order valence-corrected chi connectivity index (χ0v) is 11.2. The Balaban J connectivity index is 2.39. The number of ether oxygens (including phenoxy) is 1. The predicted octanol–water partition coefficient (Wildman–Crippen LogP) is 1.33. The van der Waals surface area contributed by atoms with Gasteiger partial charge in [0.15, 0.2) is 0 Å². The topological polar surface area (TPSA) is 82.6 Å². The van der Waals surface area contributed by atoms with Crippen molar-refractivity contribution in [2.45, 2.75) is 25.3 Å². The molecule has 1 aliphatic rings. The number of anilines is 1. The van der Waals surface area contributed by atoms with Crippen molar-refractivity contribution in [3.05, 3.63) is 23.8 Å². The van der Waals surface area contributed by atoms with Crippen LogP contribution in [0.2, 0.25) is 0 Å². The molecule has 19 heavy (non-hydrogen) atoms. The van der Waals surface area contributed by atoms with Crippen LogP contribution < -0.4 is 15.4 Å². The summed E-state index contributed by atoms with van der Waals surface area (Å²) in [4.78, 5) is 2.14. The minimum absolute atomic E-state index is 0.0416. The summed E-state index contributed by atoms with van der Waals surface area (Å²) in [5.74, 6) is 0.780. The van der Waals surface area contributed by atoms with Crippen molar-refractivity contribution in [2.24, 2.45) is 5.73 Å². The monoisotopic (exact) mass is 263 g/mol. The number of benzene rings is 1. The van der Waals surface area contributed by atoms with Gasteiger partial charge in [-0.2, -0.15) is 0 Å². The van der Waals surface area contributed by atoms with E-state index in [1.807, 2.05) is 6.07 Å².